The van der Waals surface area contributed by atoms with E-state index in [1.807, 2.05) is 18.2 Å². The molecule has 1 fully saturated rings. The number of methoxy groups -OCH3 is 1. The lowest BCUT2D eigenvalue weighted by Gasteiger charge is -2.26. The van der Waals surface area contributed by atoms with Gasteiger partial charge in [-0.05, 0) is 17.4 Å². The number of nitrogens with one attached hydrogen (secondary N) is 2. The van der Waals surface area contributed by atoms with Crippen molar-refractivity contribution < 1.29 is 9.53 Å². The van der Waals surface area contributed by atoms with E-state index in [4.69, 9.17) is 4.74 Å². The van der Waals surface area contributed by atoms with Gasteiger partial charge in [0.25, 0.3) is 0 Å². The normalized spacial score (nSPS) is 22.2. The number of rotatable bonds is 6. The van der Waals surface area contributed by atoms with Crippen molar-refractivity contribution in [3.8, 4) is 0 Å². The van der Waals surface area contributed by atoms with Gasteiger partial charge in [-0.15, -0.1) is 0 Å². The third kappa shape index (κ3) is 4.29. The van der Waals surface area contributed by atoms with E-state index < -0.39 is 0 Å². The van der Waals surface area contributed by atoms with Crippen LogP contribution in [-0.4, -0.2) is 38.3 Å². The third-order valence-electron chi connectivity index (χ3n) is 4.34. The first-order valence-corrected chi connectivity index (χ1v) is 7.61. The Bertz CT molecular complexity index is 459. The lowest BCUT2D eigenvalue weighted by molar-refractivity contribution is -0.122. The first-order chi connectivity index (χ1) is 10.0. The summed E-state index contributed by atoms with van der Waals surface area (Å²) in [6.07, 6.45) is 1.45. The van der Waals surface area contributed by atoms with Crippen LogP contribution in [0.2, 0.25) is 0 Å². The summed E-state index contributed by atoms with van der Waals surface area (Å²) in [5.74, 6) is 0.106. The van der Waals surface area contributed by atoms with Crippen molar-refractivity contribution in [2.75, 3.05) is 20.2 Å². The topological polar surface area (TPSA) is 50.4 Å². The first-order valence-electron chi connectivity index (χ1n) is 7.61. The fourth-order valence-electron chi connectivity index (χ4n) is 2.79. The molecular formula is C17H26N2O2. The van der Waals surface area contributed by atoms with Gasteiger partial charge in [-0.2, -0.15) is 0 Å². The van der Waals surface area contributed by atoms with Gasteiger partial charge in [0.05, 0.1) is 12.1 Å². The van der Waals surface area contributed by atoms with Gasteiger partial charge >= 0.3 is 0 Å². The third-order valence-corrected chi connectivity index (χ3v) is 4.34. The van der Waals surface area contributed by atoms with Crippen LogP contribution >= 0.6 is 0 Å². The summed E-state index contributed by atoms with van der Waals surface area (Å²) in [4.78, 5) is 12.1. The molecule has 1 aromatic carbocycles. The minimum absolute atomic E-state index is 0.00713. The molecule has 2 atom stereocenters. The van der Waals surface area contributed by atoms with E-state index >= 15 is 0 Å². The van der Waals surface area contributed by atoms with Crippen molar-refractivity contribution in [2.45, 2.75) is 44.2 Å². The molecule has 0 aliphatic carbocycles. The zero-order valence-electron chi connectivity index (χ0n) is 13.2. The smallest absolute Gasteiger partial charge is 0.220 e. The molecule has 1 heterocycles. The van der Waals surface area contributed by atoms with E-state index in [2.05, 4.69) is 36.6 Å². The summed E-state index contributed by atoms with van der Waals surface area (Å²) in [5, 5.41) is 6.31. The van der Waals surface area contributed by atoms with Crippen LogP contribution in [-0.2, 0) is 14.9 Å². The van der Waals surface area contributed by atoms with Crippen LogP contribution < -0.4 is 10.6 Å². The second kappa shape index (κ2) is 7.05. The molecule has 1 aliphatic rings. The minimum Gasteiger partial charge on any atom is -0.378 e. The van der Waals surface area contributed by atoms with Crippen LogP contribution in [0.15, 0.2) is 30.3 Å². The molecule has 0 radical (unpaired) electrons. The predicted octanol–water partition coefficient (Wildman–Crippen LogP) is 1.85. The zero-order chi connectivity index (χ0) is 15.3. The molecule has 1 unspecified atom stereocenters. The Morgan fingerprint density at radius 3 is 2.71 bits per heavy atom. The summed E-state index contributed by atoms with van der Waals surface area (Å²) in [5.41, 5.74) is 1.28. The zero-order valence-corrected chi connectivity index (χ0v) is 13.2. The number of carbonyl (C=O) groups is 1. The summed E-state index contributed by atoms with van der Waals surface area (Å²) >= 11 is 0. The molecule has 116 valence electrons. The Morgan fingerprint density at radius 2 is 2.05 bits per heavy atom. The molecule has 2 rings (SSSR count). The van der Waals surface area contributed by atoms with Gasteiger partial charge in [0, 0.05) is 26.6 Å². The molecule has 1 amide bonds. The maximum Gasteiger partial charge on any atom is 0.220 e. The van der Waals surface area contributed by atoms with Crippen LogP contribution in [0.1, 0.15) is 32.3 Å². The molecule has 0 aromatic heterocycles. The SMILES string of the molecule is CO[C@H]1CNCC1NC(=O)CCC(C)(C)c1ccccc1. The Kier molecular flexibility index (Phi) is 5.37. The summed E-state index contributed by atoms with van der Waals surface area (Å²) in [6.45, 7) is 5.96. The molecule has 2 N–H and O–H groups in total. The second-order valence-electron chi connectivity index (χ2n) is 6.36. The first kappa shape index (κ1) is 16.0. The molecule has 0 spiro atoms. The van der Waals surface area contributed by atoms with Crippen molar-refractivity contribution in [3.63, 3.8) is 0 Å². The van der Waals surface area contributed by atoms with Gasteiger partial charge in [0.1, 0.15) is 0 Å². The highest BCUT2D eigenvalue weighted by molar-refractivity contribution is 5.76. The molecular weight excluding hydrogens is 264 g/mol. The molecule has 4 heteroatoms. The lowest BCUT2D eigenvalue weighted by Crippen LogP contribution is -2.43. The Labute approximate surface area is 127 Å². The molecule has 21 heavy (non-hydrogen) atoms. The fraction of sp³-hybridized carbons (Fsp3) is 0.588. The number of amides is 1. The van der Waals surface area contributed by atoms with Crippen molar-refractivity contribution in [3.05, 3.63) is 35.9 Å². The van der Waals surface area contributed by atoms with E-state index in [9.17, 15) is 4.79 Å². The van der Waals surface area contributed by atoms with Crippen LogP contribution in [0.4, 0.5) is 0 Å². The summed E-state index contributed by atoms with van der Waals surface area (Å²) < 4.78 is 5.36. The maximum atomic E-state index is 12.1. The van der Waals surface area contributed by atoms with Crippen LogP contribution in [0.25, 0.3) is 0 Å². The number of hydrogen-bond acceptors (Lipinski definition) is 3. The number of hydrogen-bond donors (Lipinski definition) is 2. The van der Waals surface area contributed by atoms with E-state index in [0.29, 0.717) is 6.42 Å². The predicted molar refractivity (Wildman–Crippen MR) is 84.3 cm³/mol. The van der Waals surface area contributed by atoms with Crippen molar-refractivity contribution in [1.82, 2.24) is 10.6 Å². The minimum atomic E-state index is 0.00713. The fourth-order valence-corrected chi connectivity index (χ4v) is 2.79. The van der Waals surface area contributed by atoms with Gasteiger partial charge < -0.3 is 15.4 Å². The van der Waals surface area contributed by atoms with Gasteiger partial charge in [0.15, 0.2) is 0 Å². The van der Waals surface area contributed by atoms with Gasteiger partial charge in [-0.25, -0.2) is 0 Å². The average Bonchev–Trinajstić information content (AvgIpc) is 2.93. The Morgan fingerprint density at radius 1 is 1.33 bits per heavy atom. The molecule has 0 saturated carbocycles. The van der Waals surface area contributed by atoms with Gasteiger partial charge in [-0.3, -0.25) is 4.79 Å². The molecule has 0 bridgehead atoms. The number of benzene rings is 1. The quantitative estimate of drug-likeness (QED) is 0.840. The number of ether oxygens (including phenoxy) is 1. The monoisotopic (exact) mass is 290 g/mol. The maximum absolute atomic E-state index is 12.1. The highest BCUT2D eigenvalue weighted by Gasteiger charge is 2.29. The molecule has 4 nitrogen and oxygen atoms in total. The Balaban J connectivity index is 1.83. The highest BCUT2D eigenvalue weighted by atomic mass is 16.5. The van der Waals surface area contributed by atoms with E-state index in [0.717, 1.165) is 19.5 Å². The molecule has 1 saturated heterocycles. The lowest BCUT2D eigenvalue weighted by atomic mass is 9.80. The van der Waals surface area contributed by atoms with E-state index in [1.54, 1.807) is 7.11 Å². The highest BCUT2D eigenvalue weighted by Crippen LogP contribution is 2.28. The number of carbonyl (C=O) groups excluding carboxylic acids is 1. The van der Waals surface area contributed by atoms with Gasteiger partial charge in [-0.1, -0.05) is 44.2 Å². The summed E-state index contributed by atoms with van der Waals surface area (Å²) in [7, 11) is 1.69. The standard InChI is InChI=1S/C17H26N2O2/c1-17(2,13-7-5-4-6-8-13)10-9-16(20)19-14-11-18-12-15(14)21-3/h4-8,14-15,18H,9-12H2,1-3H3,(H,19,20)/t14?,15-/m0/s1. The van der Waals surface area contributed by atoms with Crippen LogP contribution in [0.3, 0.4) is 0 Å². The van der Waals surface area contributed by atoms with E-state index in [1.165, 1.54) is 5.56 Å². The van der Waals surface area contributed by atoms with Gasteiger partial charge in [0.2, 0.25) is 5.91 Å². The summed E-state index contributed by atoms with van der Waals surface area (Å²) in [6, 6.07) is 10.4. The van der Waals surface area contributed by atoms with Crippen molar-refractivity contribution in [1.29, 1.82) is 0 Å². The van der Waals surface area contributed by atoms with Crippen LogP contribution in [0, 0.1) is 0 Å². The average molecular weight is 290 g/mol. The second-order valence-corrected chi connectivity index (χ2v) is 6.36. The van der Waals surface area contributed by atoms with Crippen molar-refractivity contribution >= 4 is 5.91 Å². The Hall–Kier alpha value is -1.39. The molecule has 1 aliphatic heterocycles. The van der Waals surface area contributed by atoms with Crippen molar-refractivity contribution in [2.24, 2.45) is 0 Å². The van der Waals surface area contributed by atoms with E-state index in [-0.39, 0.29) is 23.5 Å². The largest absolute Gasteiger partial charge is 0.378 e. The van der Waals surface area contributed by atoms with Crippen LogP contribution in [0.5, 0.6) is 0 Å². The molecule has 1 aromatic rings.